The minimum atomic E-state index is -0.723. The van der Waals surface area contributed by atoms with Gasteiger partial charge in [-0.2, -0.15) is 0 Å². The Morgan fingerprint density at radius 3 is 2.44 bits per heavy atom. The van der Waals surface area contributed by atoms with Crippen LogP contribution in [0, 0.1) is 0 Å². The summed E-state index contributed by atoms with van der Waals surface area (Å²) in [6, 6.07) is 0.191. The summed E-state index contributed by atoms with van der Waals surface area (Å²) in [4.78, 5) is 12.2. The van der Waals surface area contributed by atoms with Crippen LogP contribution in [0.1, 0.15) is 13.8 Å². The minimum absolute atomic E-state index is 0.292. The van der Waals surface area contributed by atoms with Crippen LogP contribution in [0.5, 0.6) is 0 Å². The largest absolute Gasteiger partial charge is 0.480 e. The molecule has 0 radical (unpaired) electrons. The Bertz CT molecular complexity index is 135. The summed E-state index contributed by atoms with van der Waals surface area (Å²) in [7, 11) is 0. The van der Waals surface area contributed by atoms with Gasteiger partial charge in [0, 0.05) is 12.6 Å². The minimum Gasteiger partial charge on any atom is -0.480 e. The quantitative estimate of drug-likeness (QED) is 0.540. The third-order valence-corrected chi connectivity index (χ3v) is 1.76. The fourth-order valence-electron chi connectivity index (χ4n) is 0.940. The van der Waals surface area contributed by atoms with E-state index in [1.807, 2.05) is 11.8 Å². The predicted octanol–water partition coefficient (Wildman–Crippen LogP) is 0.164. The van der Waals surface area contributed by atoms with E-state index in [4.69, 9.17) is 5.11 Å². The molecule has 9 heavy (non-hydrogen) atoms. The standard InChI is InChI=1S/C6H11NO2/c1-4-3-7(4)5(2)6(8)9/h4-5H,3H2,1-2H3,(H,8,9)/t4?,5-,7?/m0/s1. The van der Waals surface area contributed by atoms with Gasteiger partial charge in [-0.25, -0.2) is 0 Å². The van der Waals surface area contributed by atoms with Gasteiger partial charge in [-0.15, -0.1) is 0 Å². The summed E-state index contributed by atoms with van der Waals surface area (Å²) in [6.45, 7) is 4.68. The first-order valence-electron chi connectivity index (χ1n) is 3.11. The Morgan fingerprint density at radius 2 is 2.33 bits per heavy atom. The molecular weight excluding hydrogens is 118 g/mol. The Balaban J connectivity index is 2.36. The molecule has 1 aliphatic heterocycles. The van der Waals surface area contributed by atoms with E-state index in [0.717, 1.165) is 6.54 Å². The summed E-state index contributed by atoms with van der Waals surface area (Å²) < 4.78 is 0. The van der Waals surface area contributed by atoms with Crippen molar-refractivity contribution in [2.24, 2.45) is 0 Å². The molecule has 0 amide bonds. The van der Waals surface area contributed by atoms with Crippen molar-refractivity contribution in [1.29, 1.82) is 0 Å². The highest BCUT2D eigenvalue weighted by Gasteiger charge is 2.36. The monoisotopic (exact) mass is 129 g/mol. The van der Waals surface area contributed by atoms with Gasteiger partial charge in [-0.05, 0) is 13.8 Å². The summed E-state index contributed by atoms with van der Waals surface area (Å²) >= 11 is 0. The van der Waals surface area contributed by atoms with E-state index in [9.17, 15) is 4.79 Å². The highest BCUT2D eigenvalue weighted by molar-refractivity contribution is 5.73. The van der Waals surface area contributed by atoms with Crippen molar-refractivity contribution in [2.45, 2.75) is 25.9 Å². The number of carbonyl (C=O) groups is 1. The molecule has 1 heterocycles. The maximum Gasteiger partial charge on any atom is 0.320 e. The van der Waals surface area contributed by atoms with Crippen LogP contribution in [0.25, 0.3) is 0 Å². The summed E-state index contributed by atoms with van der Waals surface area (Å²) in [5.41, 5.74) is 0. The molecule has 0 aliphatic carbocycles. The number of carboxylic acids is 1. The van der Waals surface area contributed by atoms with Crippen LogP contribution >= 0.6 is 0 Å². The zero-order valence-electron chi connectivity index (χ0n) is 5.66. The van der Waals surface area contributed by atoms with Gasteiger partial charge >= 0.3 is 5.97 Å². The van der Waals surface area contributed by atoms with E-state index in [1.54, 1.807) is 6.92 Å². The second kappa shape index (κ2) is 1.99. The summed E-state index contributed by atoms with van der Waals surface area (Å²) in [5, 5.41) is 8.47. The van der Waals surface area contributed by atoms with Crippen molar-refractivity contribution < 1.29 is 9.90 Å². The zero-order valence-corrected chi connectivity index (χ0v) is 5.66. The average Bonchev–Trinajstić information content (AvgIpc) is 2.44. The van der Waals surface area contributed by atoms with Gasteiger partial charge < -0.3 is 5.11 Å². The van der Waals surface area contributed by atoms with E-state index >= 15 is 0 Å². The molecule has 0 aromatic carbocycles. The van der Waals surface area contributed by atoms with E-state index in [0.29, 0.717) is 6.04 Å². The van der Waals surface area contributed by atoms with Crippen LogP contribution in [0.15, 0.2) is 0 Å². The normalized spacial score (nSPS) is 35.8. The number of hydrogen-bond donors (Lipinski definition) is 1. The molecule has 1 fully saturated rings. The van der Waals surface area contributed by atoms with Crippen molar-refractivity contribution >= 4 is 5.97 Å². The molecule has 52 valence electrons. The third-order valence-electron chi connectivity index (χ3n) is 1.76. The molecule has 3 atom stereocenters. The van der Waals surface area contributed by atoms with Crippen molar-refractivity contribution in [1.82, 2.24) is 4.90 Å². The maximum absolute atomic E-state index is 10.3. The maximum atomic E-state index is 10.3. The molecule has 3 heteroatoms. The van der Waals surface area contributed by atoms with Gasteiger partial charge in [0.15, 0.2) is 0 Å². The van der Waals surface area contributed by atoms with E-state index in [2.05, 4.69) is 0 Å². The molecule has 0 spiro atoms. The van der Waals surface area contributed by atoms with E-state index in [-0.39, 0.29) is 6.04 Å². The molecule has 0 saturated carbocycles. The average molecular weight is 129 g/mol. The van der Waals surface area contributed by atoms with Crippen molar-refractivity contribution in [3.63, 3.8) is 0 Å². The lowest BCUT2D eigenvalue weighted by Crippen LogP contribution is -2.25. The van der Waals surface area contributed by atoms with E-state index < -0.39 is 5.97 Å². The van der Waals surface area contributed by atoms with Gasteiger partial charge in [-0.3, -0.25) is 9.69 Å². The zero-order chi connectivity index (χ0) is 7.02. The molecule has 0 aromatic heterocycles. The highest BCUT2D eigenvalue weighted by Crippen LogP contribution is 2.19. The molecule has 1 aliphatic rings. The van der Waals surface area contributed by atoms with Crippen molar-refractivity contribution in [3.05, 3.63) is 0 Å². The number of rotatable bonds is 2. The first kappa shape index (κ1) is 6.55. The second-order valence-electron chi connectivity index (χ2n) is 2.56. The molecule has 1 rings (SSSR count). The van der Waals surface area contributed by atoms with Crippen molar-refractivity contribution in [3.8, 4) is 0 Å². The molecule has 3 nitrogen and oxygen atoms in total. The molecule has 1 N–H and O–H groups in total. The summed E-state index contributed by atoms with van der Waals surface area (Å²) in [6.07, 6.45) is 0. The van der Waals surface area contributed by atoms with Gasteiger partial charge in [-0.1, -0.05) is 0 Å². The van der Waals surface area contributed by atoms with Gasteiger partial charge in [0.1, 0.15) is 6.04 Å². The van der Waals surface area contributed by atoms with Gasteiger partial charge in [0.2, 0.25) is 0 Å². The molecule has 0 aromatic rings. The number of hydrogen-bond acceptors (Lipinski definition) is 2. The fourth-order valence-corrected chi connectivity index (χ4v) is 0.940. The van der Waals surface area contributed by atoms with Crippen LogP contribution in [0.2, 0.25) is 0 Å². The van der Waals surface area contributed by atoms with E-state index in [1.165, 1.54) is 0 Å². The smallest absolute Gasteiger partial charge is 0.320 e. The summed E-state index contributed by atoms with van der Waals surface area (Å²) in [5.74, 6) is -0.723. The first-order chi connectivity index (χ1) is 4.13. The third kappa shape index (κ3) is 1.21. The Hall–Kier alpha value is -0.570. The van der Waals surface area contributed by atoms with Crippen LogP contribution in [-0.2, 0) is 4.79 Å². The predicted molar refractivity (Wildman–Crippen MR) is 33.3 cm³/mol. The lowest BCUT2D eigenvalue weighted by molar-refractivity contribution is -0.140. The van der Waals surface area contributed by atoms with Crippen LogP contribution in [0.3, 0.4) is 0 Å². The number of carboxylic acid groups (broad SMARTS) is 1. The first-order valence-corrected chi connectivity index (χ1v) is 3.11. The molecule has 0 bridgehead atoms. The van der Waals surface area contributed by atoms with Gasteiger partial charge in [0.25, 0.3) is 0 Å². The lowest BCUT2D eigenvalue weighted by Gasteiger charge is -2.05. The Morgan fingerprint density at radius 1 is 1.89 bits per heavy atom. The number of nitrogens with zero attached hydrogens (tertiary/aromatic N) is 1. The molecule has 1 saturated heterocycles. The van der Waals surface area contributed by atoms with Crippen LogP contribution < -0.4 is 0 Å². The molecular formula is C6H11NO2. The highest BCUT2D eigenvalue weighted by atomic mass is 16.4. The van der Waals surface area contributed by atoms with Crippen LogP contribution in [-0.4, -0.2) is 34.6 Å². The lowest BCUT2D eigenvalue weighted by atomic mass is 10.3. The Kier molecular flexibility index (Phi) is 1.45. The SMILES string of the molecule is CC1CN1[C@@H](C)C(=O)O. The van der Waals surface area contributed by atoms with Crippen LogP contribution in [0.4, 0.5) is 0 Å². The number of aliphatic carboxylic acids is 1. The topological polar surface area (TPSA) is 40.3 Å². The molecule has 2 unspecified atom stereocenters. The second-order valence-corrected chi connectivity index (χ2v) is 2.56. The van der Waals surface area contributed by atoms with Crippen molar-refractivity contribution in [2.75, 3.05) is 6.54 Å². The van der Waals surface area contributed by atoms with Gasteiger partial charge in [0.05, 0.1) is 0 Å². The Labute approximate surface area is 54.3 Å². The fraction of sp³-hybridized carbons (Fsp3) is 0.833.